The van der Waals surface area contributed by atoms with Crippen molar-refractivity contribution in [3.8, 4) is 33.6 Å². The predicted molar refractivity (Wildman–Crippen MR) is 143 cm³/mol. The number of hydrogen-bond acceptors (Lipinski definition) is 4. The second kappa shape index (κ2) is 10.6. The fraction of sp³-hybridized carbons (Fsp3) is 0.214. The van der Waals surface area contributed by atoms with Crippen molar-refractivity contribution in [3.63, 3.8) is 0 Å². The average molecular weight is 525 g/mol. The molecule has 2 heterocycles. The number of aryl methyl sites for hydroxylation is 2. The van der Waals surface area contributed by atoms with Crippen LogP contribution in [0.4, 0.5) is 0 Å². The van der Waals surface area contributed by atoms with Crippen LogP contribution in [0.2, 0.25) is 10.0 Å². The van der Waals surface area contributed by atoms with Gasteiger partial charge in [0.05, 0.1) is 35.7 Å². The van der Waals surface area contributed by atoms with Gasteiger partial charge in [0.1, 0.15) is 0 Å². The highest BCUT2D eigenvalue weighted by atomic mass is 35.5. The summed E-state index contributed by atoms with van der Waals surface area (Å²) >= 11 is 12.3. The summed E-state index contributed by atoms with van der Waals surface area (Å²) in [7, 11) is 0. The number of aromatic amines is 2. The van der Waals surface area contributed by atoms with E-state index in [-0.39, 0.29) is 13.2 Å². The Kier molecular flexibility index (Phi) is 7.57. The monoisotopic (exact) mass is 524 g/mol. The Bertz CT molecular complexity index is 1310. The highest BCUT2D eigenvalue weighted by Gasteiger charge is 2.32. The normalized spacial score (nSPS) is 10.9. The van der Waals surface area contributed by atoms with Gasteiger partial charge in [-0.05, 0) is 63.1 Å². The molecule has 2 N–H and O–H groups in total. The molecule has 4 rings (SSSR count). The van der Waals surface area contributed by atoms with E-state index >= 15 is 0 Å². The van der Waals surface area contributed by atoms with Gasteiger partial charge in [0.15, 0.2) is 0 Å². The van der Waals surface area contributed by atoms with Crippen LogP contribution in [0, 0.1) is 13.8 Å². The van der Waals surface area contributed by atoms with Crippen LogP contribution >= 0.6 is 23.2 Å². The van der Waals surface area contributed by atoms with E-state index in [0.29, 0.717) is 55.1 Å². The van der Waals surface area contributed by atoms with Crippen LogP contribution in [0.3, 0.4) is 0 Å². The summed E-state index contributed by atoms with van der Waals surface area (Å²) in [5.41, 5.74) is 5.93. The first kappa shape index (κ1) is 25.6. The van der Waals surface area contributed by atoms with E-state index < -0.39 is 11.9 Å². The molecule has 0 radical (unpaired) electrons. The zero-order valence-electron chi connectivity index (χ0n) is 20.4. The first-order chi connectivity index (χ1) is 17.3. The molecule has 2 aromatic carbocycles. The Morgan fingerprint density at radius 1 is 0.667 bits per heavy atom. The summed E-state index contributed by atoms with van der Waals surface area (Å²) in [6.45, 7) is 7.54. The van der Waals surface area contributed by atoms with Gasteiger partial charge in [-0.3, -0.25) is 0 Å². The molecule has 0 aliphatic heterocycles. The number of nitrogens with one attached hydrogen (secondary N) is 2. The minimum Gasteiger partial charge on any atom is -0.462 e. The highest BCUT2D eigenvalue weighted by molar-refractivity contribution is 6.31. The number of benzene rings is 2. The van der Waals surface area contributed by atoms with Crippen molar-refractivity contribution in [2.75, 3.05) is 13.2 Å². The third kappa shape index (κ3) is 4.79. The van der Waals surface area contributed by atoms with Crippen molar-refractivity contribution >= 4 is 35.1 Å². The predicted octanol–water partition coefficient (Wildman–Crippen LogP) is 7.62. The lowest BCUT2D eigenvalue weighted by Crippen LogP contribution is -2.10. The van der Waals surface area contributed by atoms with Crippen molar-refractivity contribution < 1.29 is 19.1 Å². The highest BCUT2D eigenvalue weighted by Crippen LogP contribution is 2.45. The summed E-state index contributed by atoms with van der Waals surface area (Å²) in [5, 5.41) is 1.17. The maximum Gasteiger partial charge on any atom is 0.340 e. The van der Waals surface area contributed by atoms with Crippen LogP contribution in [-0.2, 0) is 9.47 Å². The Balaban J connectivity index is 2.12. The van der Waals surface area contributed by atoms with E-state index in [1.54, 1.807) is 52.0 Å². The van der Waals surface area contributed by atoms with Gasteiger partial charge < -0.3 is 19.4 Å². The minimum atomic E-state index is -0.489. The smallest absolute Gasteiger partial charge is 0.340 e. The quantitative estimate of drug-likeness (QED) is 0.243. The summed E-state index contributed by atoms with van der Waals surface area (Å²) in [6, 6.07) is 14.5. The van der Waals surface area contributed by atoms with Crippen molar-refractivity contribution in [1.82, 2.24) is 9.97 Å². The lowest BCUT2D eigenvalue weighted by atomic mass is 9.91. The molecule has 0 fully saturated rings. The maximum absolute atomic E-state index is 13.3. The van der Waals surface area contributed by atoms with Crippen LogP contribution in [-0.4, -0.2) is 35.1 Å². The van der Waals surface area contributed by atoms with Gasteiger partial charge in [0.25, 0.3) is 0 Å². The van der Waals surface area contributed by atoms with Crippen molar-refractivity contribution in [3.05, 3.63) is 81.1 Å². The molecule has 0 saturated carbocycles. The molecule has 8 heteroatoms. The Labute approximate surface area is 219 Å². The SMILES string of the molecule is CCOC(=O)c1c(C)[nH]c(-c2ccc(Cl)cc2)c1-c1c(-c2ccc(Cl)cc2)[nH]c(C)c1C(=O)OCC. The van der Waals surface area contributed by atoms with Crippen LogP contribution in [0.15, 0.2) is 48.5 Å². The summed E-state index contributed by atoms with van der Waals surface area (Å²) in [5.74, 6) is -0.977. The fourth-order valence-corrected chi connectivity index (χ4v) is 4.58. The molecule has 36 heavy (non-hydrogen) atoms. The van der Waals surface area contributed by atoms with Crippen LogP contribution in [0.1, 0.15) is 46.0 Å². The Hall–Kier alpha value is -3.48. The number of carbonyl (C=O) groups excluding carboxylic acids is 2. The van der Waals surface area contributed by atoms with E-state index in [1.165, 1.54) is 0 Å². The number of hydrogen-bond donors (Lipinski definition) is 2. The third-order valence-corrected chi connectivity index (χ3v) is 6.35. The van der Waals surface area contributed by atoms with Crippen LogP contribution in [0.5, 0.6) is 0 Å². The van der Waals surface area contributed by atoms with E-state index in [0.717, 1.165) is 11.1 Å². The topological polar surface area (TPSA) is 84.2 Å². The van der Waals surface area contributed by atoms with E-state index in [2.05, 4.69) is 9.97 Å². The third-order valence-electron chi connectivity index (χ3n) is 5.85. The summed E-state index contributed by atoms with van der Waals surface area (Å²) in [6.07, 6.45) is 0. The van der Waals surface area contributed by atoms with Crippen molar-refractivity contribution in [2.45, 2.75) is 27.7 Å². The number of esters is 2. The van der Waals surface area contributed by atoms with E-state index in [4.69, 9.17) is 32.7 Å². The molecule has 0 saturated heterocycles. The van der Waals surface area contributed by atoms with Gasteiger partial charge in [-0.25, -0.2) is 9.59 Å². The molecule has 0 unspecified atom stereocenters. The molecule has 0 atom stereocenters. The lowest BCUT2D eigenvalue weighted by Gasteiger charge is -2.13. The molecule has 0 spiro atoms. The molecule has 2 aromatic heterocycles. The first-order valence-electron chi connectivity index (χ1n) is 11.6. The van der Waals surface area contributed by atoms with Gasteiger partial charge in [0.2, 0.25) is 0 Å². The molecular weight excluding hydrogens is 499 g/mol. The largest absolute Gasteiger partial charge is 0.462 e. The van der Waals surface area contributed by atoms with Gasteiger partial charge in [0, 0.05) is 32.6 Å². The van der Waals surface area contributed by atoms with Crippen LogP contribution < -0.4 is 0 Å². The van der Waals surface area contributed by atoms with E-state index in [1.807, 2.05) is 24.3 Å². The van der Waals surface area contributed by atoms with Gasteiger partial charge >= 0.3 is 11.9 Å². The number of ether oxygens (including phenoxy) is 2. The second-order valence-corrected chi connectivity index (χ2v) is 9.08. The molecule has 0 amide bonds. The molecule has 4 aromatic rings. The second-order valence-electron chi connectivity index (χ2n) is 8.20. The molecular formula is C28H26Cl2N2O4. The lowest BCUT2D eigenvalue weighted by molar-refractivity contribution is 0.0514. The first-order valence-corrected chi connectivity index (χ1v) is 12.3. The average Bonchev–Trinajstić information content (AvgIpc) is 3.36. The number of H-pyrrole nitrogens is 2. The van der Waals surface area contributed by atoms with E-state index in [9.17, 15) is 9.59 Å². The van der Waals surface area contributed by atoms with Gasteiger partial charge in [-0.15, -0.1) is 0 Å². The number of rotatable bonds is 7. The maximum atomic E-state index is 13.3. The number of aromatic nitrogens is 2. The molecule has 0 aliphatic rings. The van der Waals surface area contributed by atoms with Crippen molar-refractivity contribution in [1.29, 1.82) is 0 Å². The molecule has 0 aliphatic carbocycles. The molecule has 0 bridgehead atoms. The zero-order valence-corrected chi connectivity index (χ0v) is 21.9. The standard InChI is InChI=1S/C28H26Cl2N2O4/c1-5-35-27(33)21-15(3)31-25(17-7-11-19(29)12-8-17)23(21)24-22(28(34)36-6-2)16(4)32-26(24)18-9-13-20(30)14-10-18/h7-14,31-32H,5-6H2,1-4H3. The number of halogens is 2. The van der Waals surface area contributed by atoms with Gasteiger partial charge in [-0.2, -0.15) is 0 Å². The Morgan fingerprint density at radius 2 is 1.00 bits per heavy atom. The molecule has 6 nitrogen and oxygen atoms in total. The number of carbonyl (C=O) groups is 2. The summed E-state index contributed by atoms with van der Waals surface area (Å²) < 4.78 is 10.9. The molecule has 186 valence electrons. The summed E-state index contributed by atoms with van der Waals surface area (Å²) in [4.78, 5) is 33.2. The fourth-order valence-electron chi connectivity index (χ4n) is 4.33. The Morgan fingerprint density at radius 3 is 1.31 bits per heavy atom. The van der Waals surface area contributed by atoms with Crippen molar-refractivity contribution in [2.24, 2.45) is 0 Å². The van der Waals surface area contributed by atoms with Crippen LogP contribution in [0.25, 0.3) is 33.6 Å². The zero-order chi connectivity index (χ0) is 26.0. The van der Waals surface area contributed by atoms with Gasteiger partial charge in [-0.1, -0.05) is 47.5 Å². The minimum absolute atomic E-state index is 0.208.